The summed E-state index contributed by atoms with van der Waals surface area (Å²) in [4.78, 5) is 4.78. The van der Waals surface area contributed by atoms with Gasteiger partial charge in [-0.15, -0.1) is 0 Å². The van der Waals surface area contributed by atoms with Gasteiger partial charge in [-0.05, 0) is 12.1 Å². The highest BCUT2D eigenvalue weighted by molar-refractivity contribution is 5.93. The summed E-state index contributed by atoms with van der Waals surface area (Å²) >= 11 is 0. The molecule has 1 aromatic heterocycles. The Morgan fingerprint density at radius 2 is 2.19 bits per heavy atom. The number of nitrogens with one attached hydrogen (secondary N) is 1. The van der Waals surface area contributed by atoms with E-state index in [0.717, 1.165) is 4.90 Å². The Morgan fingerprint density at radius 1 is 1.56 bits per heavy atom. The molecule has 0 aliphatic rings. The summed E-state index contributed by atoms with van der Waals surface area (Å²) in [5.41, 5.74) is 5.67. The lowest BCUT2D eigenvalue weighted by molar-refractivity contribution is -0.119. The van der Waals surface area contributed by atoms with Crippen LogP contribution in [0.2, 0.25) is 0 Å². The van der Waals surface area contributed by atoms with Crippen LogP contribution in [0.3, 0.4) is 0 Å². The summed E-state index contributed by atoms with van der Waals surface area (Å²) in [5.74, 6) is -0.276. The Balaban J connectivity index is 2.87. The van der Waals surface area contributed by atoms with Crippen molar-refractivity contribution < 1.29 is 13.2 Å². The van der Waals surface area contributed by atoms with Crippen LogP contribution < -0.4 is 10.6 Å². The number of halogens is 3. The summed E-state index contributed by atoms with van der Waals surface area (Å²) in [6, 6.07) is 2.77. The summed E-state index contributed by atoms with van der Waals surface area (Å²) in [5, 5.41) is 7.13. The number of nitrogens with two attached hydrogens (primary N) is 1. The second-order valence-corrected chi connectivity index (χ2v) is 3.28. The number of anilines is 1. The monoisotopic (exact) mass is 232 g/mol. The van der Waals surface area contributed by atoms with Gasteiger partial charge in [0.1, 0.15) is 18.1 Å². The van der Waals surface area contributed by atoms with Gasteiger partial charge in [0.05, 0.1) is 0 Å². The average molecular weight is 232 g/mol. The molecule has 0 bridgehead atoms. The molecule has 0 spiro atoms. The standard InChI is InChI=1S/C9H11F3N4/c1-16(5-9(10,11)12)6-2-3-15-7(4-6)8(13)14/h2-4H,5H2,1H3,(H3,13,14). The van der Waals surface area contributed by atoms with E-state index in [-0.39, 0.29) is 11.5 Å². The van der Waals surface area contributed by atoms with E-state index >= 15 is 0 Å². The molecule has 3 N–H and O–H groups in total. The number of rotatable bonds is 3. The Bertz CT molecular complexity index is 389. The molecular weight excluding hydrogens is 221 g/mol. The Labute approximate surface area is 90.4 Å². The van der Waals surface area contributed by atoms with Gasteiger partial charge in [-0.3, -0.25) is 10.4 Å². The highest BCUT2D eigenvalue weighted by Gasteiger charge is 2.29. The SMILES string of the molecule is CN(CC(F)(F)F)c1ccnc(C(=N)N)c1. The number of nitrogens with zero attached hydrogens (tertiary/aromatic N) is 2. The van der Waals surface area contributed by atoms with Crippen LogP contribution >= 0.6 is 0 Å². The molecule has 0 aliphatic carbocycles. The fraction of sp³-hybridized carbons (Fsp3) is 0.333. The third-order valence-electron chi connectivity index (χ3n) is 1.88. The van der Waals surface area contributed by atoms with E-state index in [2.05, 4.69) is 4.98 Å². The molecule has 0 fully saturated rings. The summed E-state index contributed by atoms with van der Waals surface area (Å²) < 4.78 is 36.4. The van der Waals surface area contributed by atoms with E-state index in [1.54, 1.807) is 0 Å². The van der Waals surface area contributed by atoms with Crippen LogP contribution in [0.1, 0.15) is 5.69 Å². The summed E-state index contributed by atoms with van der Waals surface area (Å²) in [6.07, 6.45) is -2.95. The predicted octanol–water partition coefficient (Wildman–Crippen LogP) is 1.36. The molecule has 1 rings (SSSR count). The van der Waals surface area contributed by atoms with Crippen LogP contribution in [0.4, 0.5) is 18.9 Å². The molecule has 16 heavy (non-hydrogen) atoms. The molecule has 4 nitrogen and oxygen atoms in total. The van der Waals surface area contributed by atoms with Crippen molar-refractivity contribution in [2.75, 3.05) is 18.5 Å². The number of nitrogen functional groups attached to an aromatic ring is 1. The molecular formula is C9H11F3N4. The zero-order valence-electron chi connectivity index (χ0n) is 8.54. The van der Waals surface area contributed by atoms with Crippen molar-refractivity contribution in [3.63, 3.8) is 0 Å². The number of aromatic nitrogens is 1. The molecule has 88 valence electrons. The van der Waals surface area contributed by atoms with Gasteiger partial charge in [0.15, 0.2) is 0 Å². The minimum Gasteiger partial charge on any atom is -0.382 e. The summed E-state index contributed by atoms with van der Waals surface area (Å²) in [6.45, 7) is -1.06. The first-order valence-corrected chi connectivity index (χ1v) is 4.38. The fourth-order valence-electron chi connectivity index (χ4n) is 1.16. The normalized spacial score (nSPS) is 11.2. The second-order valence-electron chi connectivity index (χ2n) is 3.28. The number of hydrogen-bond acceptors (Lipinski definition) is 3. The van der Waals surface area contributed by atoms with Crippen molar-refractivity contribution >= 4 is 11.5 Å². The van der Waals surface area contributed by atoms with Crippen molar-refractivity contribution in [2.24, 2.45) is 5.73 Å². The van der Waals surface area contributed by atoms with E-state index < -0.39 is 12.7 Å². The maximum Gasteiger partial charge on any atom is 0.405 e. The van der Waals surface area contributed by atoms with Crippen molar-refractivity contribution in [3.05, 3.63) is 24.0 Å². The highest BCUT2D eigenvalue weighted by Crippen LogP contribution is 2.20. The molecule has 0 amide bonds. The third-order valence-corrected chi connectivity index (χ3v) is 1.88. The molecule has 1 aromatic rings. The smallest absolute Gasteiger partial charge is 0.382 e. The van der Waals surface area contributed by atoms with Gasteiger partial charge < -0.3 is 10.6 Å². The van der Waals surface area contributed by atoms with Crippen molar-refractivity contribution in [1.29, 1.82) is 5.41 Å². The summed E-state index contributed by atoms with van der Waals surface area (Å²) in [7, 11) is 1.31. The first-order chi connectivity index (χ1) is 7.29. The zero-order valence-corrected chi connectivity index (χ0v) is 8.54. The maximum atomic E-state index is 12.1. The van der Waals surface area contributed by atoms with Crippen LogP contribution in [0.5, 0.6) is 0 Å². The van der Waals surface area contributed by atoms with Crippen molar-refractivity contribution in [3.8, 4) is 0 Å². The molecule has 0 saturated heterocycles. The zero-order chi connectivity index (χ0) is 12.3. The predicted molar refractivity (Wildman–Crippen MR) is 54.6 cm³/mol. The van der Waals surface area contributed by atoms with Gasteiger partial charge >= 0.3 is 6.18 Å². The average Bonchev–Trinajstić information content (AvgIpc) is 2.15. The van der Waals surface area contributed by atoms with Crippen LogP contribution in [-0.2, 0) is 0 Å². The third kappa shape index (κ3) is 3.41. The van der Waals surface area contributed by atoms with Crippen LogP contribution in [-0.4, -0.2) is 30.6 Å². The van der Waals surface area contributed by atoms with Crippen LogP contribution in [0, 0.1) is 5.41 Å². The maximum absolute atomic E-state index is 12.1. The van der Waals surface area contributed by atoms with Crippen LogP contribution in [0.25, 0.3) is 0 Å². The number of hydrogen-bond donors (Lipinski definition) is 2. The molecule has 1 heterocycles. The Kier molecular flexibility index (Phi) is 3.36. The van der Waals surface area contributed by atoms with Crippen LogP contribution in [0.15, 0.2) is 18.3 Å². The molecule has 0 saturated carbocycles. The Hall–Kier alpha value is -1.79. The minimum atomic E-state index is -4.27. The highest BCUT2D eigenvalue weighted by atomic mass is 19.4. The molecule has 0 aliphatic heterocycles. The van der Waals surface area contributed by atoms with Gasteiger partial charge in [-0.2, -0.15) is 13.2 Å². The lowest BCUT2D eigenvalue weighted by atomic mass is 10.3. The van der Waals surface area contributed by atoms with Crippen molar-refractivity contribution in [2.45, 2.75) is 6.18 Å². The van der Waals surface area contributed by atoms with E-state index in [1.807, 2.05) is 0 Å². The van der Waals surface area contributed by atoms with Gasteiger partial charge in [0, 0.05) is 18.9 Å². The Morgan fingerprint density at radius 3 is 2.69 bits per heavy atom. The molecule has 0 radical (unpaired) electrons. The molecule has 7 heteroatoms. The topological polar surface area (TPSA) is 66.0 Å². The molecule has 0 atom stereocenters. The van der Waals surface area contributed by atoms with E-state index in [9.17, 15) is 13.2 Å². The van der Waals surface area contributed by atoms with E-state index in [0.29, 0.717) is 5.69 Å². The lowest BCUT2D eigenvalue weighted by Gasteiger charge is -2.21. The second kappa shape index (κ2) is 4.38. The first kappa shape index (κ1) is 12.3. The number of amidine groups is 1. The van der Waals surface area contributed by atoms with E-state index in [4.69, 9.17) is 11.1 Å². The first-order valence-electron chi connectivity index (χ1n) is 4.38. The van der Waals surface area contributed by atoms with Gasteiger partial charge in [-0.1, -0.05) is 0 Å². The quantitative estimate of drug-likeness (QED) is 0.611. The van der Waals surface area contributed by atoms with E-state index in [1.165, 1.54) is 25.4 Å². The fourth-order valence-corrected chi connectivity index (χ4v) is 1.16. The van der Waals surface area contributed by atoms with Gasteiger partial charge in [0.2, 0.25) is 0 Å². The largest absolute Gasteiger partial charge is 0.405 e. The molecule has 0 aromatic carbocycles. The number of pyridine rings is 1. The van der Waals surface area contributed by atoms with Gasteiger partial charge in [0.25, 0.3) is 0 Å². The number of alkyl halides is 3. The molecule has 0 unspecified atom stereocenters. The van der Waals surface area contributed by atoms with Gasteiger partial charge in [-0.25, -0.2) is 0 Å². The lowest BCUT2D eigenvalue weighted by Crippen LogP contribution is -2.31. The van der Waals surface area contributed by atoms with Crippen molar-refractivity contribution in [1.82, 2.24) is 4.98 Å². The minimum absolute atomic E-state index is 0.159.